The molecule has 0 bridgehead atoms. The van der Waals surface area contributed by atoms with Crippen LogP contribution in [0.15, 0.2) is 91.0 Å². The molecule has 0 aliphatic rings. The van der Waals surface area contributed by atoms with Gasteiger partial charge in [0.1, 0.15) is 0 Å². The van der Waals surface area contributed by atoms with Gasteiger partial charge in [0.05, 0.1) is 0 Å². The molecule has 94 valence electrons. The Bertz CT molecular complexity index is 529. The Morgan fingerprint density at radius 2 is 0.684 bits per heavy atom. The second-order valence-corrected chi connectivity index (χ2v) is 6.56. The number of benzene rings is 3. The van der Waals surface area contributed by atoms with Gasteiger partial charge in [-0.05, 0) is 23.8 Å². The summed E-state index contributed by atoms with van der Waals surface area (Å²) in [6.07, 6.45) is 0. The van der Waals surface area contributed by atoms with Crippen molar-refractivity contribution < 1.29 is 1.43 Å². The monoisotopic (exact) mass is 264 g/mol. The molecular formula is C18H17P. The van der Waals surface area contributed by atoms with E-state index in [1.54, 1.807) is 0 Å². The first-order valence-corrected chi connectivity index (χ1v) is 7.74. The first-order valence-electron chi connectivity index (χ1n) is 6.40. The Morgan fingerprint density at radius 1 is 0.421 bits per heavy atom. The van der Waals surface area contributed by atoms with E-state index in [1.165, 1.54) is 15.9 Å². The topological polar surface area (TPSA) is 0 Å². The lowest BCUT2D eigenvalue weighted by atomic mass is 10.4. The van der Waals surface area contributed by atoms with Gasteiger partial charge in [-0.25, -0.2) is 0 Å². The Morgan fingerprint density at radius 3 is 0.947 bits per heavy atom. The van der Waals surface area contributed by atoms with E-state index >= 15 is 0 Å². The van der Waals surface area contributed by atoms with Crippen LogP contribution in [0, 0.1) is 0 Å². The molecule has 0 saturated carbocycles. The molecule has 0 aliphatic carbocycles. The van der Waals surface area contributed by atoms with Gasteiger partial charge in [0.2, 0.25) is 0 Å². The van der Waals surface area contributed by atoms with Gasteiger partial charge in [-0.1, -0.05) is 91.0 Å². The summed E-state index contributed by atoms with van der Waals surface area (Å²) in [7, 11) is -0.446. The van der Waals surface area contributed by atoms with Crippen LogP contribution in [0.4, 0.5) is 0 Å². The molecule has 0 aliphatic heterocycles. The summed E-state index contributed by atoms with van der Waals surface area (Å²) in [6, 6.07) is 32.3. The van der Waals surface area contributed by atoms with E-state index in [0.29, 0.717) is 0 Å². The predicted octanol–water partition coefficient (Wildman–Crippen LogP) is 3.69. The average Bonchev–Trinajstić information content (AvgIpc) is 2.51. The minimum Gasteiger partial charge on any atom is -0.0622 e. The van der Waals surface area contributed by atoms with E-state index in [0.717, 1.165) is 0 Å². The van der Waals surface area contributed by atoms with Crippen molar-refractivity contribution in [3.05, 3.63) is 91.0 Å². The largest absolute Gasteiger partial charge is 0.0622 e. The van der Waals surface area contributed by atoms with E-state index in [2.05, 4.69) is 91.0 Å². The molecule has 0 radical (unpaired) electrons. The van der Waals surface area contributed by atoms with Crippen LogP contribution in [0.2, 0.25) is 0 Å². The molecule has 0 heterocycles. The second-order valence-electron chi connectivity index (χ2n) is 4.34. The molecule has 0 amide bonds. The molecular weight excluding hydrogens is 247 g/mol. The zero-order valence-corrected chi connectivity index (χ0v) is 11.5. The van der Waals surface area contributed by atoms with Crippen LogP contribution in [0.5, 0.6) is 0 Å². The van der Waals surface area contributed by atoms with Crippen LogP contribution in [0.3, 0.4) is 0 Å². The van der Waals surface area contributed by atoms with E-state index in [1.807, 2.05) is 0 Å². The molecule has 1 heteroatoms. The van der Waals surface area contributed by atoms with Crippen LogP contribution in [-0.4, -0.2) is 0 Å². The molecule has 0 fully saturated rings. The normalized spacial score (nSPS) is 10.6. The van der Waals surface area contributed by atoms with E-state index in [4.69, 9.17) is 0 Å². The zero-order valence-electron chi connectivity index (χ0n) is 10.6. The quantitative estimate of drug-likeness (QED) is 0.633. The SMILES string of the molecule is [HH].c1ccc(P(c2ccccc2)c2ccccc2)cc1. The molecule has 3 aromatic rings. The lowest BCUT2D eigenvalue weighted by molar-refractivity contribution is 1.74. The Balaban J connectivity index is 0.00000147. The fourth-order valence-electron chi connectivity index (χ4n) is 2.18. The van der Waals surface area contributed by atoms with Crippen molar-refractivity contribution >= 4 is 23.8 Å². The van der Waals surface area contributed by atoms with E-state index in [-0.39, 0.29) is 1.43 Å². The zero-order chi connectivity index (χ0) is 12.9. The summed E-state index contributed by atoms with van der Waals surface area (Å²) in [4.78, 5) is 0. The van der Waals surface area contributed by atoms with Crippen molar-refractivity contribution in [3.63, 3.8) is 0 Å². The predicted molar refractivity (Wildman–Crippen MR) is 87.3 cm³/mol. The summed E-state index contributed by atoms with van der Waals surface area (Å²) in [6.45, 7) is 0. The summed E-state index contributed by atoms with van der Waals surface area (Å²) < 4.78 is 0. The van der Waals surface area contributed by atoms with Gasteiger partial charge in [-0.15, -0.1) is 0 Å². The van der Waals surface area contributed by atoms with Crippen LogP contribution >= 0.6 is 7.92 Å². The van der Waals surface area contributed by atoms with Gasteiger partial charge in [0, 0.05) is 1.43 Å². The van der Waals surface area contributed by atoms with Crippen molar-refractivity contribution in [1.29, 1.82) is 0 Å². The third-order valence-electron chi connectivity index (χ3n) is 3.04. The average molecular weight is 264 g/mol. The van der Waals surface area contributed by atoms with E-state index in [9.17, 15) is 0 Å². The van der Waals surface area contributed by atoms with Crippen LogP contribution < -0.4 is 15.9 Å². The fourth-order valence-corrected chi connectivity index (χ4v) is 4.48. The molecule has 3 aromatic carbocycles. The Kier molecular flexibility index (Phi) is 3.72. The van der Waals surface area contributed by atoms with Crippen molar-refractivity contribution in [3.8, 4) is 0 Å². The lowest BCUT2D eigenvalue weighted by Gasteiger charge is -2.18. The van der Waals surface area contributed by atoms with Gasteiger partial charge in [-0.2, -0.15) is 0 Å². The highest BCUT2D eigenvalue weighted by molar-refractivity contribution is 7.79. The summed E-state index contributed by atoms with van der Waals surface area (Å²) in [5.41, 5.74) is 0. The van der Waals surface area contributed by atoms with Crippen molar-refractivity contribution in [2.24, 2.45) is 0 Å². The molecule has 0 saturated heterocycles. The van der Waals surface area contributed by atoms with Gasteiger partial charge in [0.15, 0.2) is 0 Å². The summed E-state index contributed by atoms with van der Waals surface area (Å²) >= 11 is 0. The highest BCUT2D eigenvalue weighted by Gasteiger charge is 2.14. The van der Waals surface area contributed by atoms with Crippen LogP contribution in [0.25, 0.3) is 0 Å². The highest BCUT2D eigenvalue weighted by atomic mass is 31.1. The smallest absolute Gasteiger partial charge is 0 e. The van der Waals surface area contributed by atoms with Crippen molar-refractivity contribution in [2.75, 3.05) is 0 Å². The number of hydrogen-bond acceptors (Lipinski definition) is 0. The fraction of sp³-hybridized carbons (Fsp3) is 0. The first kappa shape index (κ1) is 12.1. The molecule has 3 rings (SSSR count). The van der Waals surface area contributed by atoms with Gasteiger partial charge >= 0.3 is 0 Å². The van der Waals surface area contributed by atoms with Crippen LogP contribution in [0.1, 0.15) is 1.43 Å². The molecule has 0 nitrogen and oxygen atoms in total. The maximum Gasteiger partial charge on any atom is 0 e. The minimum atomic E-state index is -0.446. The maximum absolute atomic E-state index is 2.23. The third kappa shape index (κ3) is 2.75. The lowest BCUT2D eigenvalue weighted by Crippen LogP contribution is -2.20. The molecule has 0 aromatic heterocycles. The minimum absolute atomic E-state index is 0. The molecule has 0 unspecified atom stereocenters. The number of hydrogen-bond donors (Lipinski definition) is 0. The Labute approximate surface area is 117 Å². The van der Waals surface area contributed by atoms with Gasteiger partial charge in [-0.3, -0.25) is 0 Å². The Hall–Kier alpha value is -1.91. The van der Waals surface area contributed by atoms with Crippen LogP contribution in [-0.2, 0) is 0 Å². The van der Waals surface area contributed by atoms with Crippen molar-refractivity contribution in [1.82, 2.24) is 0 Å². The van der Waals surface area contributed by atoms with Crippen molar-refractivity contribution in [2.45, 2.75) is 0 Å². The molecule has 0 spiro atoms. The number of rotatable bonds is 3. The van der Waals surface area contributed by atoms with E-state index < -0.39 is 7.92 Å². The summed E-state index contributed by atoms with van der Waals surface area (Å²) in [5.74, 6) is 0. The summed E-state index contributed by atoms with van der Waals surface area (Å²) in [5, 5.41) is 4.19. The second kappa shape index (κ2) is 5.82. The molecule has 19 heavy (non-hydrogen) atoms. The van der Waals surface area contributed by atoms with Gasteiger partial charge in [0.25, 0.3) is 0 Å². The first-order chi connectivity index (χ1) is 9.45. The highest BCUT2D eigenvalue weighted by Crippen LogP contribution is 2.32. The maximum atomic E-state index is 2.23. The van der Waals surface area contributed by atoms with Gasteiger partial charge < -0.3 is 0 Å². The molecule has 0 N–H and O–H groups in total. The molecule has 0 atom stereocenters. The third-order valence-corrected chi connectivity index (χ3v) is 5.49. The standard InChI is InChI=1S/C18H15P.H2/c1-4-10-16(11-5-1)19(17-12-6-2-7-13-17)18-14-8-3-9-15-18;/h1-15H;1H.